The lowest BCUT2D eigenvalue weighted by Crippen LogP contribution is -2.18. The SMILES string of the molecule is COc1ccc(S(=O)(=O)Nc2ccc(F)c(NC(=O)c3cnc4[nH]ccc4c3)c2F)cc1F. The second-order valence-corrected chi connectivity index (χ2v) is 8.46. The molecule has 0 unspecified atom stereocenters. The molecule has 0 saturated carbocycles. The first-order valence-electron chi connectivity index (χ1n) is 9.28. The Hall–Kier alpha value is -4.06. The lowest BCUT2D eigenvalue weighted by atomic mass is 10.2. The predicted molar refractivity (Wildman–Crippen MR) is 114 cm³/mol. The number of amides is 1. The molecular weight excluding hydrogens is 461 g/mol. The van der Waals surface area contributed by atoms with Crippen LogP contribution < -0.4 is 14.8 Å². The summed E-state index contributed by atoms with van der Waals surface area (Å²) in [5, 5.41) is 2.70. The topological polar surface area (TPSA) is 113 Å². The van der Waals surface area contributed by atoms with E-state index in [0.717, 1.165) is 24.3 Å². The molecule has 12 heteroatoms. The number of hydrogen-bond acceptors (Lipinski definition) is 5. The number of rotatable bonds is 6. The van der Waals surface area contributed by atoms with Gasteiger partial charge in [0.25, 0.3) is 15.9 Å². The van der Waals surface area contributed by atoms with Crippen LogP contribution in [0.1, 0.15) is 10.4 Å². The molecule has 8 nitrogen and oxygen atoms in total. The van der Waals surface area contributed by atoms with Crippen LogP contribution in [0.25, 0.3) is 11.0 Å². The van der Waals surface area contributed by atoms with E-state index in [1.807, 2.05) is 4.72 Å². The Morgan fingerprint density at radius 3 is 2.58 bits per heavy atom. The van der Waals surface area contributed by atoms with Crippen molar-refractivity contribution >= 4 is 38.3 Å². The van der Waals surface area contributed by atoms with Crippen molar-refractivity contribution < 1.29 is 31.1 Å². The third-order valence-electron chi connectivity index (χ3n) is 4.67. The van der Waals surface area contributed by atoms with Gasteiger partial charge in [-0.2, -0.15) is 0 Å². The van der Waals surface area contributed by atoms with Gasteiger partial charge < -0.3 is 15.0 Å². The Balaban J connectivity index is 1.62. The van der Waals surface area contributed by atoms with E-state index in [-0.39, 0.29) is 11.3 Å². The summed E-state index contributed by atoms with van der Waals surface area (Å²) in [6.45, 7) is 0. The van der Waals surface area contributed by atoms with Gasteiger partial charge in [0.15, 0.2) is 17.4 Å². The summed E-state index contributed by atoms with van der Waals surface area (Å²) in [7, 11) is -3.24. The number of H-pyrrole nitrogens is 1. The molecular formula is C21H15F3N4O4S. The van der Waals surface area contributed by atoms with Crippen LogP contribution >= 0.6 is 0 Å². The zero-order chi connectivity index (χ0) is 23.8. The fraction of sp³-hybridized carbons (Fsp3) is 0.0476. The van der Waals surface area contributed by atoms with Crippen molar-refractivity contribution in [1.82, 2.24) is 9.97 Å². The molecule has 0 aliphatic carbocycles. The largest absolute Gasteiger partial charge is 0.494 e. The van der Waals surface area contributed by atoms with Crippen molar-refractivity contribution in [3.05, 3.63) is 77.9 Å². The van der Waals surface area contributed by atoms with Crippen LogP contribution in [0, 0.1) is 17.5 Å². The molecule has 0 fully saturated rings. The molecule has 2 aromatic heterocycles. The maximum atomic E-state index is 15.0. The number of nitrogens with one attached hydrogen (secondary N) is 3. The zero-order valence-electron chi connectivity index (χ0n) is 16.8. The van der Waals surface area contributed by atoms with Gasteiger partial charge in [-0.05, 0) is 42.5 Å². The quantitative estimate of drug-likeness (QED) is 0.389. The van der Waals surface area contributed by atoms with Gasteiger partial charge in [-0.1, -0.05) is 0 Å². The molecule has 0 aliphatic rings. The minimum Gasteiger partial charge on any atom is -0.494 e. The van der Waals surface area contributed by atoms with Crippen molar-refractivity contribution in [1.29, 1.82) is 0 Å². The van der Waals surface area contributed by atoms with E-state index < -0.39 is 49.7 Å². The van der Waals surface area contributed by atoms with E-state index in [1.54, 1.807) is 12.3 Å². The van der Waals surface area contributed by atoms with Gasteiger partial charge in [0, 0.05) is 17.8 Å². The van der Waals surface area contributed by atoms with Gasteiger partial charge in [-0.25, -0.2) is 26.6 Å². The number of methoxy groups -OCH3 is 1. The standard InChI is InChI=1S/C21H15F3N4O4S/c1-32-17-5-2-13(9-15(17)23)33(30,31)28-16-4-3-14(22)19(18(16)24)27-21(29)12-8-11-6-7-25-20(11)26-10-12/h2-10,28H,1H3,(H,25,26)(H,27,29). The molecule has 3 N–H and O–H groups in total. The minimum absolute atomic E-state index is 0.0283. The molecule has 2 aromatic carbocycles. The smallest absolute Gasteiger partial charge is 0.262 e. The molecule has 170 valence electrons. The number of carbonyl (C=O) groups is 1. The summed E-state index contributed by atoms with van der Waals surface area (Å²) in [5.41, 5.74) is -0.965. The first-order valence-corrected chi connectivity index (χ1v) is 10.8. The van der Waals surface area contributed by atoms with Crippen LogP contribution in [-0.2, 0) is 10.0 Å². The van der Waals surface area contributed by atoms with Gasteiger partial charge in [0.1, 0.15) is 17.2 Å². The highest BCUT2D eigenvalue weighted by molar-refractivity contribution is 7.92. The summed E-state index contributed by atoms with van der Waals surface area (Å²) >= 11 is 0. The molecule has 0 aliphatic heterocycles. The van der Waals surface area contributed by atoms with Gasteiger partial charge >= 0.3 is 0 Å². The van der Waals surface area contributed by atoms with Gasteiger partial charge in [0.05, 0.1) is 23.3 Å². The average molecular weight is 476 g/mol. The minimum atomic E-state index is -4.45. The van der Waals surface area contributed by atoms with E-state index in [9.17, 15) is 26.4 Å². The molecule has 0 saturated heterocycles. The Morgan fingerprint density at radius 1 is 1.06 bits per heavy atom. The highest BCUT2D eigenvalue weighted by atomic mass is 32.2. The molecule has 0 bridgehead atoms. The number of hydrogen-bond donors (Lipinski definition) is 3. The zero-order valence-corrected chi connectivity index (χ0v) is 17.6. The number of fused-ring (bicyclic) bond motifs is 1. The Bertz CT molecular complexity index is 1490. The summed E-state index contributed by atoms with van der Waals surface area (Å²) in [6, 6.07) is 7.58. The number of aromatic nitrogens is 2. The third-order valence-corrected chi connectivity index (χ3v) is 6.03. The molecule has 2 heterocycles. The Labute approximate surface area is 185 Å². The number of anilines is 2. The van der Waals surface area contributed by atoms with Gasteiger partial charge in [-0.15, -0.1) is 0 Å². The van der Waals surface area contributed by atoms with E-state index in [4.69, 9.17) is 4.74 Å². The fourth-order valence-electron chi connectivity index (χ4n) is 3.01. The summed E-state index contributed by atoms with van der Waals surface area (Å²) in [6.07, 6.45) is 2.83. The monoisotopic (exact) mass is 476 g/mol. The number of carbonyl (C=O) groups excluding carboxylic acids is 1. The number of pyridine rings is 1. The van der Waals surface area contributed by atoms with E-state index in [0.29, 0.717) is 17.1 Å². The number of aromatic amines is 1. The first kappa shape index (κ1) is 22.1. The van der Waals surface area contributed by atoms with Crippen LogP contribution in [0.15, 0.2) is 59.8 Å². The van der Waals surface area contributed by atoms with E-state index in [2.05, 4.69) is 15.3 Å². The summed E-state index contributed by atoms with van der Waals surface area (Å²) in [4.78, 5) is 18.9. The fourth-order valence-corrected chi connectivity index (χ4v) is 4.08. The maximum absolute atomic E-state index is 15.0. The second kappa shape index (κ2) is 8.47. The molecule has 4 rings (SSSR count). The lowest BCUT2D eigenvalue weighted by Gasteiger charge is -2.13. The van der Waals surface area contributed by atoms with E-state index >= 15 is 0 Å². The predicted octanol–water partition coefficient (Wildman–Crippen LogP) is 4.04. The van der Waals surface area contributed by atoms with Crippen molar-refractivity contribution in [2.24, 2.45) is 0 Å². The Kier molecular flexibility index (Phi) is 5.68. The van der Waals surface area contributed by atoms with Crippen LogP contribution in [-0.4, -0.2) is 31.4 Å². The first-order chi connectivity index (χ1) is 15.7. The average Bonchev–Trinajstić information content (AvgIpc) is 3.26. The number of ether oxygens (including phenoxy) is 1. The van der Waals surface area contributed by atoms with Crippen molar-refractivity contribution in [2.75, 3.05) is 17.1 Å². The normalized spacial score (nSPS) is 11.4. The second-order valence-electron chi connectivity index (χ2n) is 6.78. The molecule has 0 spiro atoms. The van der Waals surface area contributed by atoms with Crippen LogP contribution in [0.2, 0.25) is 0 Å². The molecule has 33 heavy (non-hydrogen) atoms. The maximum Gasteiger partial charge on any atom is 0.262 e. The van der Waals surface area contributed by atoms with Crippen molar-refractivity contribution in [3.8, 4) is 5.75 Å². The summed E-state index contributed by atoms with van der Waals surface area (Å²) < 4.78 is 74.9. The highest BCUT2D eigenvalue weighted by Gasteiger charge is 2.23. The molecule has 1 amide bonds. The molecule has 0 radical (unpaired) electrons. The molecule has 4 aromatic rings. The highest BCUT2D eigenvalue weighted by Crippen LogP contribution is 2.29. The number of sulfonamides is 1. The van der Waals surface area contributed by atoms with E-state index in [1.165, 1.54) is 19.4 Å². The van der Waals surface area contributed by atoms with Crippen LogP contribution in [0.3, 0.4) is 0 Å². The number of nitrogens with zero attached hydrogens (tertiary/aromatic N) is 1. The van der Waals surface area contributed by atoms with Crippen LogP contribution in [0.5, 0.6) is 5.75 Å². The molecule has 0 atom stereocenters. The Morgan fingerprint density at radius 2 is 1.85 bits per heavy atom. The number of benzene rings is 2. The lowest BCUT2D eigenvalue weighted by molar-refractivity contribution is 0.102. The van der Waals surface area contributed by atoms with Crippen molar-refractivity contribution in [2.45, 2.75) is 4.90 Å². The number of halogens is 3. The summed E-state index contributed by atoms with van der Waals surface area (Å²) in [5.74, 6) is -4.48. The third kappa shape index (κ3) is 4.32. The van der Waals surface area contributed by atoms with Gasteiger partial charge in [-0.3, -0.25) is 9.52 Å². The van der Waals surface area contributed by atoms with Crippen molar-refractivity contribution in [3.63, 3.8) is 0 Å². The van der Waals surface area contributed by atoms with Crippen LogP contribution in [0.4, 0.5) is 24.5 Å². The van der Waals surface area contributed by atoms with Gasteiger partial charge in [0.2, 0.25) is 0 Å².